The largest absolute Gasteiger partial charge is 0.398 e. The lowest BCUT2D eigenvalue weighted by Crippen LogP contribution is -2.25. The number of nitrogens with two attached hydrogens (primary N) is 1. The highest BCUT2D eigenvalue weighted by Gasteiger charge is 2.52. The first kappa shape index (κ1) is 32.0. The van der Waals surface area contributed by atoms with Crippen molar-refractivity contribution in [1.82, 2.24) is 15.0 Å². The molecule has 4 nitrogen and oxygen atoms in total. The molecule has 9 aromatic rings. The summed E-state index contributed by atoms with van der Waals surface area (Å²) in [6, 6.07) is 68.4. The minimum atomic E-state index is -0.444. The van der Waals surface area contributed by atoms with Gasteiger partial charge < -0.3 is 5.73 Å². The van der Waals surface area contributed by atoms with Crippen molar-refractivity contribution in [3.63, 3.8) is 0 Å². The molecule has 0 amide bonds. The Kier molecular flexibility index (Phi) is 7.20. The molecule has 0 radical (unpaired) electrons. The van der Waals surface area contributed by atoms with Crippen LogP contribution >= 0.6 is 0 Å². The second-order valence-electron chi connectivity index (χ2n) is 14.6. The molecular formula is C52H34N4. The Morgan fingerprint density at radius 3 is 1.36 bits per heavy atom. The second-order valence-corrected chi connectivity index (χ2v) is 14.6. The van der Waals surface area contributed by atoms with Gasteiger partial charge in [0.05, 0.1) is 5.41 Å². The van der Waals surface area contributed by atoms with Crippen LogP contribution in [0.2, 0.25) is 0 Å². The minimum Gasteiger partial charge on any atom is -0.398 e. The quantitative estimate of drug-likeness (QED) is 0.180. The maximum absolute atomic E-state index is 6.91. The van der Waals surface area contributed by atoms with Crippen molar-refractivity contribution in [2.75, 3.05) is 5.73 Å². The Bertz CT molecular complexity index is 2940. The molecule has 0 saturated carbocycles. The predicted molar refractivity (Wildman–Crippen MR) is 228 cm³/mol. The number of rotatable bonds is 5. The molecule has 8 aromatic carbocycles. The Morgan fingerprint density at radius 2 is 0.732 bits per heavy atom. The first-order chi connectivity index (χ1) is 27.7. The van der Waals surface area contributed by atoms with Crippen LogP contribution in [0.1, 0.15) is 22.3 Å². The van der Waals surface area contributed by atoms with E-state index in [9.17, 15) is 0 Å². The summed E-state index contributed by atoms with van der Waals surface area (Å²) in [6.07, 6.45) is 0. The number of hydrogen-bond acceptors (Lipinski definition) is 4. The summed E-state index contributed by atoms with van der Waals surface area (Å²) in [4.78, 5) is 15.2. The molecule has 1 spiro atoms. The van der Waals surface area contributed by atoms with Gasteiger partial charge in [0, 0.05) is 27.9 Å². The van der Waals surface area contributed by atoms with Crippen molar-refractivity contribution in [3.05, 3.63) is 216 Å². The van der Waals surface area contributed by atoms with Crippen LogP contribution in [0.5, 0.6) is 0 Å². The monoisotopic (exact) mass is 714 g/mol. The average Bonchev–Trinajstić information content (AvgIpc) is 3.75. The Labute approximate surface area is 325 Å². The van der Waals surface area contributed by atoms with Crippen molar-refractivity contribution in [1.29, 1.82) is 0 Å². The maximum Gasteiger partial charge on any atom is 0.164 e. The fourth-order valence-electron chi connectivity index (χ4n) is 9.06. The van der Waals surface area contributed by atoms with Gasteiger partial charge in [-0.3, -0.25) is 0 Å². The summed E-state index contributed by atoms with van der Waals surface area (Å²) < 4.78 is 0. The number of anilines is 1. The highest BCUT2D eigenvalue weighted by atomic mass is 15.0. The molecule has 1 heterocycles. The normalized spacial score (nSPS) is 12.9. The van der Waals surface area contributed by atoms with E-state index < -0.39 is 5.41 Å². The molecule has 0 saturated heterocycles. The van der Waals surface area contributed by atoms with Gasteiger partial charge in [0.25, 0.3) is 0 Å². The van der Waals surface area contributed by atoms with Gasteiger partial charge in [0.2, 0.25) is 0 Å². The molecular weight excluding hydrogens is 681 g/mol. The predicted octanol–water partition coefficient (Wildman–Crippen LogP) is 12.1. The smallest absolute Gasteiger partial charge is 0.164 e. The van der Waals surface area contributed by atoms with E-state index in [1.807, 2.05) is 42.5 Å². The Hall–Kier alpha value is -7.43. The molecule has 0 aliphatic heterocycles. The van der Waals surface area contributed by atoms with Crippen LogP contribution in [0.25, 0.3) is 78.7 Å². The zero-order valence-electron chi connectivity index (χ0n) is 30.4. The van der Waals surface area contributed by atoms with Crippen LogP contribution < -0.4 is 5.73 Å². The van der Waals surface area contributed by atoms with Crippen molar-refractivity contribution in [2.24, 2.45) is 0 Å². The van der Waals surface area contributed by atoms with Crippen LogP contribution in [-0.2, 0) is 5.41 Å². The molecule has 0 bridgehead atoms. The third-order valence-electron chi connectivity index (χ3n) is 11.5. The van der Waals surface area contributed by atoms with Gasteiger partial charge in [-0.1, -0.05) is 170 Å². The van der Waals surface area contributed by atoms with Crippen molar-refractivity contribution in [3.8, 4) is 78.7 Å². The van der Waals surface area contributed by atoms with E-state index in [1.54, 1.807) is 0 Å². The molecule has 2 aliphatic rings. The van der Waals surface area contributed by atoms with Crippen LogP contribution in [0, 0.1) is 0 Å². The van der Waals surface area contributed by atoms with E-state index >= 15 is 0 Å². The molecule has 2 aliphatic carbocycles. The number of nitrogen functional groups attached to an aromatic ring is 1. The van der Waals surface area contributed by atoms with Crippen LogP contribution in [0.15, 0.2) is 194 Å². The fourth-order valence-corrected chi connectivity index (χ4v) is 9.06. The number of hydrogen-bond donors (Lipinski definition) is 1. The standard InChI is InChI=1S/C52H34N4/c53-47-27-13-26-46-48(47)42-32-37(28-29-45(42)52(46)43-24-9-7-22-40(43)41-23-8-10-25-44(41)52)36-19-12-21-39(31-36)51-55-49(34-16-5-2-6-17-34)54-50(56-51)38-20-11-18-35(30-38)33-14-3-1-4-15-33/h1-32H,53H2. The number of nitrogens with zero attached hydrogens (tertiary/aromatic N) is 3. The first-order valence-corrected chi connectivity index (χ1v) is 19.0. The van der Waals surface area contributed by atoms with Gasteiger partial charge in [-0.2, -0.15) is 0 Å². The van der Waals surface area contributed by atoms with Crippen molar-refractivity contribution >= 4 is 5.69 Å². The summed E-state index contributed by atoms with van der Waals surface area (Å²) in [5.41, 5.74) is 24.4. The Morgan fingerprint density at radius 1 is 0.304 bits per heavy atom. The zero-order valence-corrected chi connectivity index (χ0v) is 30.4. The van der Waals surface area contributed by atoms with E-state index in [-0.39, 0.29) is 0 Å². The summed E-state index contributed by atoms with van der Waals surface area (Å²) >= 11 is 0. The van der Waals surface area contributed by atoms with Crippen LogP contribution in [-0.4, -0.2) is 15.0 Å². The molecule has 0 fully saturated rings. The van der Waals surface area contributed by atoms with E-state index in [1.165, 1.54) is 38.9 Å². The average molecular weight is 715 g/mol. The topological polar surface area (TPSA) is 64.7 Å². The summed E-state index contributed by atoms with van der Waals surface area (Å²) in [5, 5.41) is 0. The lowest BCUT2D eigenvalue weighted by molar-refractivity contribution is 0.794. The second kappa shape index (κ2) is 12.6. The molecule has 11 rings (SSSR count). The van der Waals surface area contributed by atoms with E-state index in [2.05, 4.69) is 152 Å². The van der Waals surface area contributed by atoms with Crippen LogP contribution in [0.3, 0.4) is 0 Å². The molecule has 0 unspecified atom stereocenters. The van der Waals surface area contributed by atoms with E-state index in [4.69, 9.17) is 20.7 Å². The minimum absolute atomic E-state index is 0.444. The molecule has 56 heavy (non-hydrogen) atoms. The molecule has 1 aromatic heterocycles. The highest BCUT2D eigenvalue weighted by Crippen LogP contribution is 2.63. The summed E-state index contributed by atoms with van der Waals surface area (Å²) in [7, 11) is 0. The van der Waals surface area contributed by atoms with Crippen molar-refractivity contribution < 1.29 is 0 Å². The summed E-state index contributed by atoms with van der Waals surface area (Å²) in [5.74, 6) is 1.88. The third-order valence-corrected chi connectivity index (χ3v) is 11.5. The maximum atomic E-state index is 6.91. The SMILES string of the molecule is Nc1cccc2c1-c1cc(-c3cccc(-c4nc(-c5ccccc5)nc(-c5cccc(-c6ccccc6)c5)n4)c3)ccc1C21c2ccccc2-c2ccccc21. The summed E-state index contributed by atoms with van der Waals surface area (Å²) in [6.45, 7) is 0. The number of fused-ring (bicyclic) bond motifs is 10. The molecule has 2 N–H and O–H groups in total. The lowest BCUT2D eigenvalue weighted by Gasteiger charge is -2.30. The third kappa shape index (κ3) is 4.83. The number of aromatic nitrogens is 3. The van der Waals surface area contributed by atoms with Gasteiger partial charge in [0.1, 0.15) is 0 Å². The highest BCUT2D eigenvalue weighted by molar-refractivity contribution is 5.99. The lowest BCUT2D eigenvalue weighted by atomic mass is 9.70. The first-order valence-electron chi connectivity index (χ1n) is 19.0. The van der Waals surface area contributed by atoms with Gasteiger partial charge in [-0.15, -0.1) is 0 Å². The zero-order chi connectivity index (χ0) is 37.2. The Balaban J connectivity index is 1.06. The van der Waals surface area contributed by atoms with Gasteiger partial charge in [0.15, 0.2) is 17.5 Å². The fraction of sp³-hybridized carbons (Fsp3) is 0.0192. The van der Waals surface area contributed by atoms with Gasteiger partial charge in [-0.05, 0) is 85.5 Å². The van der Waals surface area contributed by atoms with Crippen molar-refractivity contribution in [2.45, 2.75) is 5.41 Å². The number of benzene rings is 8. The van der Waals surface area contributed by atoms with Crippen LogP contribution in [0.4, 0.5) is 5.69 Å². The molecule has 0 atom stereocenters. The van der Waals surface area contributed by atoms with E-state index in [0.29, 0.717) is 17.5 Å². The van der Waals surface area contributed by atoms with E-state index in [0.717, 1.165) is 50.2 Å². The molecule has 4 heteroatoms. The van der Waals surface area contributed by atoms with Gasteiger partial charge >= 0.3 is 0 Å². The van der Waals surface area contributed by atoms with Gasteiger partial charge in [-0.25, -0.2) is 15.0 Å². The molecule has 262 valence electrons.